The fraction of sp³-hybridized carbons (Fsp3) is 0.846. The first-order chi connectivity index (χ1) is 8.60. The van der Waals surface area contributed by atoms with E-state index in [0.717, 1.165) is 0 Å². The number of hydrogen-bond acceptors (Lipinski definition) is 3. The van der Waals surface area contributed by atoms with E-state index in [2.05, 4.69) is 0 Å². The minimum atomic E-state index is -0.775. The summed E-state index contributed by atoms with van der Waals surface area (Å²) < 4.78 is 5.25. The van der Waals surface area contributed by atoms with Crippen molar-refractivity contribution in [3.63, 3.8) is 0 Å². The van der Waals surface area contributed by atoms with Gasteiger partial charge < -0.3 is 14.7 Å². The first-order valence-electron chi connectivity index (χ1n) is 6.69. The molecule has 1 fully saturated rings. The van der Waals surface area contributed by atoms with Crippen LogP contribution in [0.4, 0.5) is 0 Å². The summed E-state index contributed by atoms with van der Waals surface area (Å²) in [5.74, 6) is -1.15. The van der Waals surface area contributed by atoms with Gasteiger partial charge in [-0.2, -0.15) is 0 Å². The molecule has 104 valence electrons. The van der Waals surface area contributed by atoms with E-state index in [1.54, 1.807) is 4.90 Å². The Hall–Kier alpha value is -1.10. The fourth-order valence-corrected chi connectivity index (χ4v) is 2.43. The highest BCUT2D eigenvalue weighted by atomic mass is 16.5. The topological polar surface area (TPSA) is 66.8 Å². The highest BCUT2D eigenvalue weighted by Crippen LogP contribution is 2.32. The Morgan fingerprint density at radius 3 is 2.44 bits per heavy atom. The molecule has 1 saturated carbocycles. The van der Waals surface area contributed by atoms with E-state index < -0.39 is 5.97 Å². The summed E-state index contributed by atoms with van der Waals surface area (Å²) in [5.41, 5.74) is 0. The molecule has 5 heteroatoms. The van der Waals surface area contributed by atoms with Crippen molar-refractivity contribution in [2.45, 2.75) is 33.1 Å². The Balaban J connectivity index is 2.44. The molecule has 1 aliphatic carbocycles. The summed E-state index contributed by atoms with van der Waals surface area (Å²) in [5, 5.41) is 8.94. The van der Waals surface area contributed by atoms with E-state index in [1.165, 1.54) is 0 Å². The number of carbonyl (C=O) groups excluding carboxylic acids is 1. The molecule has 1 amide bonds. The summed E-state index contributed by atoms with van der Waals surface area (Å²) in [6.07, 6.45) is 1.80. The van der Waals surface area contributed by atoms with E-state index in [4.69, 9.17) is 9.84 Å². The Morgan fingerprint density at radius 2 is 1.94 bits per heavy atom. The SMILES string of the molecule is CCOCCN(CC)C(=O)C1CCC(C(=O)O)C1. The molecule has 0 saturated heterocycles. The lowest BCUT2D eigenvalue weighted by molar-refractivity contribution is -0.141. The first-order valence-corrected chi connectivity index (χ1v) is 6.69. The van der Waals surface area contributed by atoms with Gasteiger partial charge in [0, 0.05) is 25.6 Å². The summed E-state index contributed by atoms with van der Waals surface area (Å²) in [6, 6.07) is 0. The molecular formula is C13H23NO4. The van der Waals surface area contributed by atoms with Gasteiger partial charge in [-0.1, -0.05) is 0 Å². The minimum absolute atomic E-state index is 0.0842. The molecule has 1 aliphatic rings. The fourth-order valence-electron chi connectivity index (χ4n) is 2.43. The van der Waals surface area contributed by atoms with Crippen molar-refractivity contribution in [2.24, 2.45) is 11.8 Å². The summed E-state index contributed by atoms with van der Waals surface area (Å²) in [7, 11) is 0. The standard InChI is InChI=1S/C13H23NO4/c1-3-14(7-8-18-4-2)12(15)10-5-6-11(9-10)13(16)17/h10-11H,3-9H2,1-2H3,(H,16,17). The van der Waals surface area contributed by atoms with Gasteiger partial charge in [0.25, 0.3) is 0 Å². The van der Waals surface area contributed by atoms with E-state index in [-0.39, 0.29) is 17.7 Å². The molecule has 18 heavy (non-hydrogen) atoms. The number of hydrogen-bond donors (Lipinski definition) is 1. The number of likely N-dealkylation sites (N-methyl/N-ethyl adjacent to an activating group) is 1. The van der Waals surface area contributed by atoms with Crippen LogP contribution in [0.2, 0.25) is 0 Å². The third-order valence-corrected chi connectivity index (χ3v) is 3.53. The number of ether oxygens (including phenoxy) is 1. The number of carboxylic acid groups (broad SMARTS) is 1. The molecule has 0 aromatic carbocycles. The monoisotopic (exact) mass is 257 g/mol. The number of aliphatic carboxylic acids is 1. The third kappa shape index (κ3) is 3.98. The average molecular weight is 257 g/mol. The van der Waals surface area contributed by atoms with Crippen LogP contribution in [-0.2, 0) is 14.3 Å². The molecule has 0 bridgehead atoms. The van der Waals surface area contributed by atoms with Crippen molar-refractivity contribution in [2.75, 3.05) is 26.3 Å². The Morgan fingerprint density at radius 1 is 1.28 bits per heavy atom. The van der Waals surface area contributed by atoms with Crippen LogP contribution in [0.25, 0.3) is 0 Å². The highest BCUT2D eigenvalue weighted by Gasteiger charge is 2.35. The smallest absolute Gasteiger partial charge is 0.306 e. The molecule has 0 spiro atoms. The Kier molecular flexibility index (Phi) is 6.12. The zero-order chi connectivity index (χ0) is 13.5. The molecule has 0 aromatic rings. The zero-order valence-corrected chi connectivity index (χ0v) is 11.2. The van der Waals surface area contributed by atoms with Crippen LogP contribution in [0.1, 0.15) is 33.1 Å². The van der Waals surface area contributed by atoms with E-state index in [1.807, 2.05) is 13.8 Å². The third-order valence-electron chi connectivity index (χ3n) is 3.53. The maximum Gasteiger partial charge on any atom is 0.306 e. The average Bonchev–Trinajstić information content (AvgIpc) is 2.83. The molecule has 0 aliphatic heterocycles. The van der Waals surface area contributed by atoms with Crippen molar-refractivity contribution >= 4 is 11.9 Å². The molecule has 0 heterocycles. The van der Waals surface area contributed by atoms with Gasteiger partial charge in [0.1, 0.15) is 0 Å². The summed E-state index contributed by atoms with van der Waals surface area (Å²) in [4.78, 5) is 24.9. The molecule has 2 unspecified atom stereocenters. The Labute approximate surface area is 108 Å². The van der Waals surface area contributed by atoms with Crippen molar-refractivity contribution < 1.29 is 19.4 Å². The second kappa shape index (κ2) is 7.36. The van der Waals surface area contributed by atoms with Crippen LogP contribution in [0.5, 0.6) is 0 Å². The van der Waals surface area contributed by atoms with Crippen LogP contribution >= 0.6 is 0 Å². The van der Waals surface area contributed by atoms with Gasteiger partial charge in [0.2, 0.25) is 5.91 Å². The molecule has 0 aromatic heterocycles. The molecule has 0 radical (unpaired) electrons. The minimum Gasteiger partial charge on any atom is -0.481 e. The predicted octanol–water partition coefficient (Wildman–Crippen LogP) is 1.37. The van der Waals surface area contributed by atoms with Gasteiger partial charge in [-0.3, -0.25) is 9.59 Å². The number of rotatable bonds is 7. The zero-order valence-electron chi connectivity index (χ0n) is 11.2. The van der Waals surface area contributed by atoms with Crippen LogP contribution in [0, 0.1) is 11.8 Å². The molecular weight excluding hydrogens is 234 g/mol. The molecule has 1 rings (SSSR count). The predicted molar refractivity (Wildman–Crippen MR) is 67.2 cm³/mol. The van der Waals surface area contributed by atoms with E-state index >= 15 is 0 Å². The number of carbonyl (C=O) groups is 2. The highest BCUT2D eigenvalue weighted by molar-refractivity contribution is 5.81. The second-order valence-electron chi connectivity index (χ2n) is 4.66. The van der Waals surface area contributed by atoms with E-state index in [9.17, 15) is 9.59 Å². The van der Waals surface area contributed by atoms with Gasteiger partial charge in [0.05, 0.1) is 12.5 Å². The van der Waals surface area contributed by atoms with Gasteiger partial charge in [-0.05, 0) is 33.1 Å². The van der Waals surface area contributed by atoms with Crippen molar-refractivity contribution in [1.82, 2.24) is 4.90 Å². The van der Waals surface area contributed by atoms with E-state index in [0.29, 0.717) is 45.6 Å². The number of carboxylic acids is 1. The summed E-state index contributed by atoms with van der Waals surface area (Å²) >= 11 is 0. The van der Waals surface area contributed by atoms with Crippen LogP contribution in [0.15, 0.2) is 0 Å². The lowest BCUT2D eigenvalue weighted by Gasteiger charge is -2.24. The van der Waals surface area contributed by atoms with Crippen LogP contribution in [0.3, 0.4) is 0 Å². The van der Waals surface area contributed by atoms with Crippen molar-refractivity contribution in [3.8, 4) is 0 Å². The second-order valence-corrected chi connectivity index (χ2v) is 4.66. The van der Waals surface area contributed by atoms with Crippen LogP contribution in [-0.4, -0.2) is 48.2 Å². The first kappa shape index (κ1) is 15.0. The quantitative estimate of drug-likeness (QED) is 0.700. The van der Waals surface area contributed by atoms with Gasteiger partial charge in [-0.25, -0.2) is 0 Å². The van der Waals surface area contributed by atoms with Crippen LogP contribution < -0.4 is 0 Å². The molecule has 1 N–H and O–H groups in total. The molecule has 2 atom stereocenters. The lowest BCUT2D eigenvalue weighted by Crippen LogP contribution is -2.37. The maximum atomic E-state index is 12.2. The van der Waals surface area contributed by atoms with Gasteiger partial charge in [0.15, 0.2) is 0 Å². The largest absolute Gasteiger partial charge is 0.481 e. The summed E-state index contributed by atoms with van der Waals surface area (Å²) in [6.45, 7) is 6.30. The normalized spacial score (nSPS) is 23.0. The van der Waals surface area contributed by atoms with Crippen molar-refractivity contribution in [1.29, 1.82) is 0 Å². The Bertz CT molecular complexity index is 293. The van der Waals surface area contributed by atoms with Gasteiger partial charge >= 0.3 is 5.97 Å². The number of nitrogens with zero attached hydrogens (tertiary/aromatic N) is 1. The lowest BCUT2D eigenvalue weighted by atomic mass is 10.0. The van der Waals surface area contributed by atoms with Gasteiger partial charge in [-0.15, -0.1) is 0 Å². The maximum absolute atomic E-state index is 12.2. The number of amides is 1. The van der Waals surface area contributed by atoms with Crippen molar-refractivity contribution in [3.05, 3.63) is 0 Å². The molecule has 5 nitrogen and oxygen atoms in total.